The van der Waals surface area contributed by atoms with Crippen LogP contribution >= 0.6 is 0 Å². The van der Waals surface area contributed by atoms with Gasteiger partial charge in [0.25, 0.3) is 5.69 Å². The fraction of sp³-hybridized carbons (Fsp3) is 0.294. The Labute approximate surface area is 134 Å². The Morgan fingerprint density at radius 3 is 2.48 bits per heavy atom. The van der Waals surface area contributed by atoms with E-state index in [2.05, 4.69) is 0 Å². The number of nitrogens with two attached hydrogens (primary N) is 1. The van der Waals surface area contributed by atoms with Crippen LogP contribution in [0, 0.1) is 15.9 Å². The van der Waals surface area contributed by atoms with E-state index in [1.165, 1.54) is 18.2 Å². The van der Waals surface area contributed by atoms with Gasteiger partial charge >= 0.3 is 0 Å². The lowest BCUT2D eigenvalue weighted by Gasteiger charge is -2.21. The average molecular weight is 317 g/mol. The van der Waals surface area contributed by atoms with Crippen molar-refractivity contribution >= 4 is 5.69 Å². The molecule has 0 spiro atoms. The van der Waals surface area contributed by atoms with Gasteiger partial charge in [-0.25, -0.2) is 4.39 Å². The van der Waals surface area contributed by atoms with Crippen LogP contribution < -0.4 is 5.73 Å². The number of rotatable bonds is 8. The van der Waals surface area contributed by atoms with E-state index in [0.717, 1.165) is 12.0 Å². The molecule has 0 aliphatic heterocycles. The first kappa shape index (κ1) is 17.1. The van der Waals surface area contributed by atoms with E-state index in [1.54, 1.807) is 0 Å². The van der Waals surface area contributed by atoms with Crippen molar-refractivity contribution in [3.63, 3.8) is 0 Å². The van der Waals surface area contributed by atoms with E-state index in [4.69, 9.17) is 5.73 Å². The number of halogens is 1. The van der Waals surface area contributed by atoms with Crippen LogP contribution in [-0.2, 0) is 13.0 Å². The van der Waals surface area contributed by atoms with Gasteiger partial charge in [0.15, 0.2) is 0 Å². The van der Waals surface area contributed by atoms with Gasteiger partial charge in [-0.2, -0.15) is 0 Å². The highest BCUT2D eigenvalue weighted by Crippen LogP contribution is 2.23. The van der Waals surface area contributed by atoms with Gasteiger partial charge in [-0.1, -0.05) is 36.4 Å². The summed E-state index contributed by atoms with van der Waals surface area (Å²) in [6, 6.07) is 13.8. The minimum Gasteiger partial charge on any atom is -0.329 e. The maximum Gasteiger partial charge on any atom is 0.276 e. The van der Waals surface area contributed by atoms with Crippen molar-refractivity contribution < 1.29 is 9.31 Å². The van der Waals surface area contributed by atoms with Crippen LogP contribution in [0.25, 0.3) is 0 Å². The second-order valence-electron chi connectivity index (χ2n) is 5.30. The second kappa shape index (κ2) is 8.36. The van der Waals surface area contributed by atoms with Gasteiger partial charge < -0.3 is 5.73 Å². The number of nitro groups is 1. The second-order valence-corrected chi connectivity index (χ2v) is 5.30. The van der Waals surface area contributed by atoms with Gasteiger partial charge in [-0.3, -0.25) is 15.0 Å². The number of benzene rings is 2. The lowest BCUT2D eigenvalue weighted by molar-refractivity contribution is -0.386. The SMILES string of the molecule is NCCN(CCc1ccccc1)Cc1c(F)cccc1[N+](=O)[O-]. The molecule has 0 atom stereocenters. The summed E-state index contributed by atoms with van der Waals surface area (Å²) in [6.07, 6.45) is 0.781. The van der Waals surface area contributed by atoms with Crippen molar-refractivity contribution in [3.05, 3.63) is 75.6 Å². The summed E-state index contributed by atoms with van der Waals surface area (Å²) in [5.74, 6) is -0.555. The molecular formula is C17H20FN3O2. The Morgan fingerprint density at radius 2 is 1.83 bits per heavy atom. The van der Waals surface area contributed by atoms with Crippen molar-refractivity contribution in [2.24, 2.45) is 5.73 Å². The standard InChI is InChI=1S/C17H20FN3O2/c18-16-7-4-8-17(21(22)23)15(16)13-20(12-10-19)11-9-14-5-2-1-3-6-14/h1-8H,9-13,19H2. The average Bonchev–Trinajstić information content (AvgIpc) is 2.55. The predicted molar refractivity (Wildman–Crippen MR) is 87.5 cm³/mol. The first-order chi connectivity index (χ1) is 11.1. The highest BCUT2D eigenvalue weighted by Gasteiger charge is 2.20. The van der Waals surface area contributed by atoms with Crippen LogP contribution in [0.1, 0.15) is 11.1 Å². The van der Waals surface area contributed by atoms with Gasteiger partial charge in [-0.15, -0.1) is 0 Å². The van der Waals surface area contributed by atoms with Crippen LogP contribution in [0.2, 0.25) is 0 Å². The zero-order valence-corrected chi connectivity index (χ0v) is 12.8. The molecular weight excluding hydrogens is 297 g/mol. The summed E-state index contributed by atoms with van der Waals surface area (Å²) in [6.45, 7) is 1.80. The number of hydrogen-bond acceptors (Lipinski definition) is 4. The molecule has 0 amide bonds. The highest BCUT2D eigenvalue weighted by atomic mass is 19.1. The molecule has 0 bridgehead atoms. The van der Waals surface area contributed by atoms with Crippen molar-refractivity contribution in [1.82, 2.24) is 4.90 Å². The summed E-state index contributed by atoms with van der Waals surface area (Å²) < 4.78 is 14.0. The highest BCUT2D eigenvalue weighted by molar-refractivity contribution is 5.40. The van der Waals surface area contributed by atoms with E-state index >= 15 is 0 Å². The van der Waals surface area contributed by atoms with Gasteiger partial charge in [0, 0.05) is 32.2 Å². The van der Waals surface area contributed by atoms with E-state index in [1.807, 2.05) is 35.2 Å². The molecule has 0 heterocycles. The van der Waals surface area contributed by atoms with Crippen LogP contribution in [0.4, 0.5) is 10.1 Å². The van der Waals surface area contributed by atoms with Crippen LogP contribution in [0.5, 0.6) is 0 Å². The third-order valence-electron chi connectivity index (χ3n) is 3.68. The van der Waals surface area contributed by atoms with Crippen molar-refractivity contribution in [2.45, 2.75) is 13.0 Å². The maximum atomic E-state index is 14.0. The molecule has 0 aliphatic carbocycles. The predicted octanol–water partition coefficient (Wildman–Crippen LogP) is 2.74. The third kappa shape index (κ3) is 4.84. The maximum absolute atomic E-state index is 14.0. The Hall–Kier alpha value is -2.31. The van der Waals surface area contributed by atoms with E-state index in [9.17, 15) is 14.5 Å². The van der Waals surface area contributed by atoms with Crippen LogP contribution in [0.3, 0.4) is 0 Å². The zero-order chi connectivity index (χ0) is 16.7. The molecule has 2 N–H and O–H groups in total. The number of hydrogen-bond donors (Lipinski definition) is 1. The summed E-state index contributed by atoms with van der Waals surface area (Å²) in [7, 11) is 0. The number of nitro benzene ring substituents is 1. The molecule has 0 unspecified atom stereocenters. The monoisotopic (exact) mass is 317 g/mol. The molecule has 0 aliphatic rings. The fourth-order valence-electron chi connectivity index (χ4n) is 2.48. The molecule has 0 fully saturated rings. The molecule has 23 heavy (non-hydrogen) atoms. The largest absolute Gasteiger partial charge is 0.329 e. The van der Waals surface area contributed by atoms with Gasteiger partial charge in [0.2, 0.25) is 0 Å². The molecule has 0 saturated carbocycles. The van der Waals surface area contributed by atoms with Crippen LogP contribution in [-0.4, -0.2) is 29.5 Å². The molecule has 2 aromatic carbocycles. The summed E-state index contributed by atoms with van der Waals surface area (Å²) in [5.41, 5.74) is 6.71. The number of nitrogens with zero attached hydrogens (tertiary/aromatic N) is 2. The molecule has 5 nitrogen and oxygen atoms in total. The Kier molecular flexibility index (Phi) is 6.19. The summed E-state index contributed by atoms with van der Waals surface area (Å²) >= 11 is 0. The molecule has 6 heteroatoms. The Bertz CT molecular complexity index is 650. The fourth-order valence-corrected chi connectivity index (χ4v) is 2.48. The quantitative estimate of drug-likeness (QED) is 0.600. The van der Waals surface area contributed by atoms with Crippen molar-refractivity contribution in [1.29, 1.82) is 0 Å². The molecule has 2 rings (SSSR count). The first-order valence-electron chi connectivity index (χ1n) is 7.50. The zero-order valence-electron chi connectivity index (χ0n) is 12.8. The van der Waals surface area contributed by atoms with Crippen LogP contribution in [0.15, 0.2) is 48.5 Å². The Balaban J connectivity index is 2.12. The summed E-state index contributed by atoms with van der Waals surface area (Å²) in [5, 5.41) is 11.1. The summed E-state index contributed by atoms with van der Waals surface area (Å²) in [4.78, 5) is 12.5. The van der Waals surface area contributed by atoms with E-state index < -0.39 is 10.7 Å². The van der Waals surface area contributed by atoms with Crippen molar-refractivity contribution in [2.75, 3.05) is 19.6 Å². The normalized spacial score (nSPS) is 10.9. The van der Waals surface area contributed by atoms with Crippen molar-refractivity contribution in [3.8, 4) is 0 Å². The van der Waals surface area contributed by atoms with Gasteiger partial charge in [0.1, 0.15) is 5.82 Å². The first-order valence-corrected chi connectivity index (χ1v) is 7.50. The topological polar surface area (TPSA) is 72.4 Å². The minimum absolute atomic E-state index is 0.110. The molecule has 122 valence electrons. The van der Waals surface area contributed by atoms with E-state index in [-0.39, 0.29) is 17.8 Å². The van der Waals surface area contributed by atoms with Gasteiger partial charge in [-0.05, 0) is 18.1 Å². The lowest BCUT2D eigenvalue weighted by Crippen LogP contribution is -2.31. The molecule has 0 radical (unpaired) electrons. The van der Waals surface area contributed by atoms with Gasteiger partial charge in [0.05, 0.1) is 10.5 Å². The third-order valence-corrected chi connectivity index (χ3v) is 3.68. The van der Waals surface area contributed by atoms with E-state index in [0.29, 0.717) is 19.6 Å². The molecule has 0 aromatic heterocycles. The smallest absolute Gasteiger partial charge is 0.276 e. The molecule has 2 aromatic rings. The lowest BCUT2D eigenvalue weighted by atomic mass is 10.1. The Morgan fingerprint density at radius 1 is 1.09 bits per heavy atom. The molecule has 0 saturated heterocycles. The minimum atomic E-state index is -0.555.